The number of carbonyl (C=O) groups is 1. The van der Waals surface area contributed by atoms with Crippen molar-refractivity contribution in [2.75, 3.05) is 49.5 Å². The zero-order chi connectivity index (χ0) is 28.0. The van der Waals surface area contributed by atoms with E-state index < -0.39 is 21.8 Å². The number of carbonyl (C=O) groups excluding carboxylic acids is 1. The highest BCUT2D eigenvalue weighted by molar-refractivity contribution is 7.89. The van der Waals surface area contributed by atoms with Gasteiger partial charge in [0.25, 0.3) is 0 Å². The topological polar surface area (TPSA) is 115 Å². The summed E-state index contributed by atoms with van der Waals surface area (Å²) in [5, 5.41) is 14.6. The van der Waals surface area contributed by atoms with Gasteiger partial charge in [0, 0.05) is 57.1 Å². The van der Waals surface area contributed by atoms with Crippen molar-refractivity contribution >= 4 is 27.4 Å². The number of halogens is 3. The van der Waals surface area contributed by atoms with Gasteiger partial charge in [0.1, 0.15) is 5.82 Å². The molecule has 1 amide bonds. The fraction of sp³-hybridized carbons (Fsp3) is 0.538. The van der Waals surface area contributed by atoms with Crippen molar-refractivity contribution in [3.05, 3.63) is 48.2 Å². The molecule has 1 aromatic carbocycles. The molecule has 0 atom stereocenters. The van der Waals surface area contributed by atoms with Crippen molar-refractivity contribution in [3.8, 4) is 0 Å². The molecule has 2 aromatic rings. The fourth-order valence-corrected chi connectivity index (χ4v) is 6.47. The quantitative estimate of drug-likeness (QED) is 0.425. The highest BCUT2D eigenvalue weighted by Crippen LogP contribution is 2.30. The van der Waals surface area contributed by atoms with Gasteiger partial charge in [-0.2, -0.15) is 17.5 Å². The van der Waals surface area contributed by atoms with Crippen LogP contribution in [0.15, 0.2) is 47.5 Å². The maximum absolute atomic E-state index is 13.2. The smallest absolute Gasteiger partial charge is 0.395 e. The Labute approximate surface area is 226 Å². The number of nitrogens with one attached hydrogen (secondary N) is 2. The van der Waals surface area contributed by atoms with Crippen LogP contribution in [0.25, 0.3) is 0 Å². The van der Waals surface area contributed by atoms with Crippen LogP contribution in [0.2, 0.25) is 0 Å². The van der Waals surface area contributed by atoms with Gasteiger partial charge in [0.2, 0.25) is 15.9 Å². The van der Waals surface area contributed by atoms with Crippen LogP contribution >= 0.6 is 0 Å². The molecule has 4 rings (SSSR count). The molecular formula is C26H34F3N5O4S. The number of anilines is 2. The summed E-state index contributed by atoms with van der Waals surface area (Å²) in [6.45, 7) is 2.33. The number of alkyl halides is 3. The average molecular weight is 570 g/mol. The number of pyridine rings is 1. The fourth-order valence-electron chi connectivity index (χ4n) is 5.00. The van der Waals surface area contributed by atoms with Gasteiger partial charge in [-0.05, 0) is 68.0 Å². The number of hydrogen-bond donors (Lipinski definition) is 3. The van der Waals surface area contributed by atoms with Crippen molar-refractivity contribution in [1.29, 1.82) is 0 Å². The van der Waals surface area contributed by atoms with Crippen LogP contribution in [-0.2, 0) is 21.0 Å². The molecule has 3 heterocycles. The van der Waals surface area contributed by atoms with Crippen LogP contribution in [0.1, 0.15) is 37.7 Å². The van der Waals surface area contributed by atoms with Crippen LogP contribution in [0.4, 0.5) is 24.7 Å². The summed E-state index contributed by atoms with van der Waals surface area (Å²) in [6.07, 6.45) is -0.485. The number of amides is 1. The second kappa shape index (κ2) is 12.5. The third-order valence-corrected chi connectivity index (χ3v) is 9.17. The minimum Gasteiger partial charge on any atom is -0.395 e. The lowest BCUT2D eigenvalue weighted by molar-refractivity contribution is -0.137. The number of aromatic nitrogens is 1. The zero-order valence-corrected chi connectivity index (χ0v) is 22.3. The monoisotopic (exact) mass is 569 g/mol. The molecule has 214 valence electrons. The lowest BCUT2D eigenvalue weighted by Crippen LogP contribution is -2.42. The Morgan fingerprint density at radius 2 is 1.67 bits per heavy atom. The molecule has 3 N–H and O–H groups in total. The second-order valence-electron chi connectivity index (χ2n) is 9.95. The number of aliphatic hydroxyl groups is 1. The number of aliphatic hydroxyl groups excluding tert-OH is 1. The highest BCUT2D eigenvalue weighted by Gasteiger charge is 2.32. The molecule has 2 aliphatic rings. The predicted molar refractivity (Wildman–Crippen MR) is 141 cm³/mol. The first kappa shape index (κ1) is 29.1. The van der Waals surface area contributed by atoms with Crippen molar-refractivity contribution in [2.24, 2.45) is 5.92 Å². The van der Waals surface area contributed by atoms with Crippen molar-refractivity contribution in [1.82, 2.24) is 14.6 Å². The Kier molecular flexibility index (Phi) is 9.34. The first-order valence-electron chi connectivity index (χ1n) is 13.1. The average Bonchev–Trinajstić information content (AvgIpc) is 2.92. The van der Waals surface area contributed by atoms with Crippen molar-refractivity contribution in [3.63, 3.8) is 0 Å². The molecule has 2 fully saturated rings. The number of rotatable bonds is 9. The minimum absolute atomic E-state index is 0.0480. The van der Waals surface area contributed by atoms with E-state index in [1.165, 1.54) is 10.4 Å². The lowest BCUT2D eigenvalue weighted by Gasteiger charge is -2.34. The van der Waals surface area contributed by atoms with E-state index in [1.807, 2.05) is 12.1 Å². The number of piperidine rings is 2. The normalized spacial score (nSPS) is 18.2. The van der Waals surface area contributed by atoms with Gasteiger partial charge in [0.15, 0.2) is 0 Å². The molecule has 0 bridgehead atoms. The van der Waals surface area contributed by atoms with Crippen LogP contribution < -0.4 is 15.5 Å². The van der Waals surface area contributed by atoms with E-state index in [2.05, 4.69) is 20.5 Å². The van der Waals surface area contributed by atoms with E-state index in [0.29, 0.717) is 38.2 Å². The maximum Gasteiger partial charge on any atom is 0.417 e. The van der Waals surface area contributed by atoms with Gasteiger partial charge in [-0.1, -0.05) is 0 Å². The zero-order valence-electron chi connectivity index (χ0n) is 21.5. The number of nitrogens with zero attached hydrogens (tertiary/aromatic N) is 3. The van der Waals surface area contributed by atoms with Crippen LogP contribution in [0.3, 0.4) is 0 Å². The molecule has 39 heavy (non-hydrogen) atoms. The summed E-state index contributed by atoms with van der Waals surface area (Å²) < 4.78 is 66.1. The second-order valence-corrected chi connectivity index (χ2v) is 11.9. The summed E-state index contributed by atoms with van der Waals surface area (Å²) in [7, 11) is -3.67. The molecule has 0 radical (unpaired) electrons. The van der Waals surface area contributed by atoms with Crippen LogP contribution in [0.5, 0.6) is 0 Å². The molecule has 0 saturated carbocycles. The Morgan fingerprint density at radius 1 is 1.00 bits per heavy atom. The molecule has 0 unspecified atom stereocenters. The van der Waals surface area contributed by atoms with Gasteiger partial charge in [-0.15, -0.1) is 0 Å². The van der Waals surface area contributed by atoms with E-state index in [1.54, 1.807) is 12.1 Å². The largest absolute Gasteiger partial charge is 0.417 e. The Hall–Kier alpha value is -2.90. The number of hydrogen-bond acceptors (Lipinski definition) is 7. The Morgan fingerprint density at radius 3 is 2.23 bits per heavy atom. The summed E-state index contributed by atoms with van der Waals surface area (Å²) in [5.41, 5.74) is 0.118. The number of sulfonamides is 1. The molecule has 9 nitrogen and oxygen atoms in total. The van der Waals surface area contributed by atoms with Crippen LogP contribution in [-0.4, -0.2) is 74.1 Å². The third kappa shape index (κ3) is 7.61. The van der Waals surface area contributed by atoms with Gasteiger partial charge >= 0.3 is 6.18 Å². The van der Waals surface area contributed by atoms with E-state index >= 15 is 0 Å². The molecule has 0 aliphatic carbocycles. The predicted octanol–water partition coefficient (Wildman–Crippen LogP) is 3.08. The molecule has 13 heteroatoms. The molecular weight excluding hydrogens is 535 g/mol. The van der Waals surface area contributed by atoms with Gasteiger partial charge in [-0.3, -0.25) is 4.79 Å². The van der Waals surface area contributed by atoms with E-state index in [-0.39, 0.29) is 35.9 Å². The van der Waals surface area contributed by atoms with Gasteiger partial charge in [0.05, 0.1) is 17.1 Å². The van der Waals surface area contributed by atoms with Crippen molar-refractivity contribution in [2.45, 2.75) is 49.2 Å². The molecule has 1 aromatic heterocycles. The molecule has 2 aliphatic heterocycles. The first-order valence-corrected chi connectivity index (χ1v) is 14.5. The van der Waals surface area contributed by atoms with Crippen LogP contribution in [0, 0.1) is 5.92 Å². The Bertz CT molecular complexity index is 1190. The van der Waals surface area contributed by atoms with E-state index in [9.17, 15) is 26.4 Å². The van der Waals surface area contributed by atoms with E-state index in [4.69, 9.17) is 5.11 Å². The Balaban J connectivity index is 1.26. The summed E-state index contributed by atoms with van der Waals surface area (Å²) in [6, 6.07) is 9.03. The number of benzene rings is 1. The molecule has 2 saturated heterocycles. The summed E-state index contributed by atoms with van der Waals surface area (Å²) in [4.78, 5) is 18.1. The first-order chi connectivity index (χ1) is 18.6. The lowest BCUT2D eigenvalue weighted by atomic mass is 9.93. The maximum atomic E-state index is 13.2. The highest BCUT2D eigenvalue weighted by atomic mass is 32.2. The summed E-state index contributed by atoms with van der Waals surface area (Å²) in [5.74, 6) is 0.564. The van der Waals surface area contributed by atoms with E-state index in [0.717, 1.165) is 43.9 Å². The molecule has 0 spiro atoms. The summed E-state index contributed by atoms with van der Waals surface area (Å²) >= 11 is 0. The minimum atomic E-state index is -4.44. The third-order valence-electron chi connectivity index (χ3n) is 7.26. The van der Waals surface area contributed by atoms with Gasteiger partial charge in [-0.25, -0.2) is 13.4 Å². The van der Waals surface area contributed by atoms with Crippen molar-refractivity contribution < 1.29 is 31.5 Å². The SMILES string of the molecule is O=C(CC1CCN(c2ccc(S(=O)(=O)N3CCC(Nc4ccc(C(F)(F)F)cn4)CC3)cc2)CC1)NCCO. The standard InChI is InChI=1S/C26H34F3N5O4S/c27-26(28,29)20-1-6-24(31-18-20)32-21-9-14-34(15-10-21)39(37,38)23-4-2-22(3-5-23)33-12-7-19(8-13-33)17-25(36)30-11-16-35/h1-6,18-19,21,35H,7-17H2,(H,30,36)(H,31,32). The van der Waals surface area contributed by atoms with Gasteiger partial charge < -0.3 is 20.6 Å².